The Morgan fingerprint density at radius 2 is 2.17 bits per heavy atom. The summed E-state index contributed by atoms with van der Waals surface area (Å²) >= 11 is 0. The lowest BCUT2D eigenvalue weighted by molar-refractivity contribution is 0.0593. The predicted molar refractivity (Wildman–Crippen MR) is 71.0 cm³/mol. The third-order valence-electron chi connectivity index (χ3n) is 3.53. The van der Waals surface area contributed by atoms with Crippen LogP contribution < -0.4 is 5.32 Å². The highest BCUT2D eigenvalue weighted by molar-refractivity contribution is 7.89. The molecule has 1 saturated heterocycles. The number of hydrogen-bond donors (Lipinski definition) is 1. The number of sulfonamides is 1. The van der Waals surface area contributed by atoms with Gasteiger partial charge in [-0.25, -0.2) is 8.42 Å². The lowest BCUT2D eigenvalue weighted by atomic mass is 10.3. The van der Waals surface area contributed by atoms with Gasteiger partial charge in [0.15, 0.2) is 0 Å². The second kappa shape index (κ2) is 6.32. The number of rotatable bonds is 6. The SMILES string of the molecule is CCC1CN(S(=O)(=O)CCNC2CC2)CCCO1. The molecule has 0 radical (unpaired) electrons. The maximum atomic E-state index is 12.2. The smallest absolute Gasteiger partial charge is 0.215 e. The summed E-state index contributed by atoms with van der Waals surface area (Å²) in [4.78, 5) is 0. The van der Waals surface area contributed by atoms with Crippen molar-refractivity contribution in [2.75, 3.05) is 32.0 Å². The molecule has 2 rings (SSSR count). The van der Waals surface area contributed by atoms with Gasteiger partial charge < -0.3 is 10.1 Å². The molecule has 1 heterocycles. The van der Waals surface area contributed by atoms with E-state index in [4.69, 9.17) is 4.74 Å². The Bertz CT molecular complexity index is 354. The van der Waals surface area contributed by atoms with Crippen LogP contribution in [0.5, 0.6) is 0 Å². The van der Waals surface area contributed by atoms with Crippen molar-refractivity contribution in [3.8, 4) is 0 Å². The number of ether oxygens (including phenoxy) is 1. The van der Waals surface area contributed by atoms with Crippen LogP contribution in [0.3, 0.4) is 0 Å². The molecule has 18 heavy (non-hydrogen) atoms. The molecule has 1 aliphatic heterocycles. The molecule has 0 bridgehead atoms. The van der Waals surface area contributed by atoms with Gasteiger partial charge in [-0.2, -0.15) is 4.31 Å². The zero-order valence-corrected chi connectivity index (χ0v) is 11.9. The third kappa shape index (κ3) is 4.19. The van der Waals surface area contributed by atoms with Crippen molar-refractivity contribution >= 4 is 10.0 Å². The van der Waals surface area contributed by atoms with Gasteiger partial charge in [0.1, 0.15) is 0 Å². The monoisotopic (exact) mass is 276 g/mol. The minimum Gasteiger partial charge on any atom is -0.377 e. The molecule has 2 aliphatic rings. The van der Waals surface area contributed by atoms with Gasteiger partial charge >= 0.3 is 0 Å². The van der Waals surface area contributed by atoms with E-state index < -0.39 is 10.0 Å². The Hall–Kier alpha value is -0.170. The Morgan fingerprint density at radius 1 is 1.39 bits per heavy atom. The maximum absolute atomic E-state index is 12.2. The number of hydrogen-bond acceptors (Lipinski definition) is 4. The van der Waals surface area contributed by atoms with E-state index >= 15 is 0 Å². The molecule has 1 atom stereocenters. The molecule has 106 valence electrons. The van der Waals surface area contributed by atoms with Crippen molar-refractivity contribution in [2.24, 2.45) is 0 Å². The van der Waals surface area contributed by atoms with Crippen molar-refractivity contribution in [3.63, 3.8) is 0 Å². The van der Waals surface area contributed by atoms with Crippen molar-refractivity contribution in [2.45, 2.75) is 44.8 Å². The molecule has 1 N–H and O–H groups in total. The van der Waals surface area contributed by atoms with Gasteiger partial charge in [0, 0.05) is 32.3 Å². The molecule has 0 amide bonds. The van der Waals surface area contributed by atoms with Crippen molar-refractivity contribution in [1.82, 2.24) is 9.62 Å². The standard InChI is InChI=1S/C12H24N2O3S/c1-2-12-10-14(7-3-8-17-12)18(15,16)9-6-13-11-4-5-11/h11-13H,2-10H2,1H3. The van der Waals surface area contributed by atoms with E-state index in [1.54, 1.807) is 4.31 Å². The second-order valence-electron chi connectivity index (χ2n) is 5.16. The van der Waals surface area contributed by atoms with E-state index in [1.165, 1.54) is 12.8 Å². The van der Waals surface area contributed by atoms with Crippen LogP contribution >= 0.6 is 0 Å². The van der Waals surface area contributed by atoms with E-state index in [-0.39, 0.29) is 11.9 Å². The molecule has 0 aromatic carbocycles. The zero-order valence-electron chi connectivity index (χ0n) is 11.1. The van der Waals surface area contributed by atoms with Crippen LogP contribution in [0, 0.1) is 0 Å². The fourth-order valence-electron chi connectivity index (χ4n) is 2.17. The summed E-state index contributed by atoms with van der Waals surface area (Å²) in [6.07, 6.45) is 4.10. The van der Waals surface area contributed by atoms with Crippen LogP contribution in [-0.4, -0.2) is 56.9 Å². The summed E-state index contributed by atoms with van der Waals surface area (Å²) in [7, 11) is -3.13. The average Bonchev–Trinajstić information content (AvgIpc) is 3.14. The van der Waals surface area contributed by atoms with Crippen molar-refractivity contribution < 1.29 is 13.2 Å². The molecular formula is C12H24N2O3S. The summed E-state index contributed by atoms with van der Waals surface area (Å²) in [6.45, 7) is 4.39. The fraction of sp³-hybridized carbons (Fsp3) is 1.00. The highest BCUT2D eigenvalue weighted by Crippen LogP contribution is 2.18. The largest absolute Gasteiger partial charge is 0.377 e. The molecular weight excluding hydrogens is 252 g/mol. The minimum absolute atomic E-state index is 0.0543. The van der Waals surface area contributed by atoms with Crippen molar-refractivity contribution in [3.05, 3.63) is 0 Å². The van der Waals surface area contributed by atoms with Gasteiger partial charge in [-0.3, -0.25) is 0 Å². The van der Waals surface area contributed by atoms with E-state index in [2.05, 4.69) is 5.32 Å². The topological polar surface area (TPSA) is 58.6 Å². The fourth-order valence-corrected chi connectivity index (χ4v) is 3.60. The normalized spacial score (nSPS) is 27.1. The second-order valence-corrected chi connectivity index (χ2v) is 7.25. The Morgan fingerprint density at radius 3 is 2.83 bits per heavy atom. The van der Waals surface area contributed by atoms with E-state index in [1.807, 2.05) is 6.92 Å². The molecule has 1 saturated carbocycles. The first-order valence-corrected chi connectivity index (χ1v) is 8.55. The highest BCUT2D eigenvalue weighted by Gasteiger charge is 2.28. The average molecular weight is 276 g/mol. The maximum Gasteiger partial charge on any atom is 0.215 e. The third-order valence-corrected chi connectivity index (χ3v) is 5.37. The molecule has 0 aromatic heterocycles. The van der Waals surface area contributed by atoms with E-state index in [0.717, 1.165) is 12.8 Å². The summed E-state index contributed by atoms with van der Waals surface area (Å²) in [5.74, 6) is 0.208. The lowest BCUT2D eigenvalue weighted by Crippen LogP contribution is -2.40. The van der Waals surface area contributed by atoms with Gasteiger partial charge in [-0.1, -0.05) is 6.92 Å². The first-order chi connectivity index (χ1) is 8.62. The van der Waals surface area contributed by atoms with Gasteiger partial charge in [-0.15, -0.1) is 0 Å². The van der Waals surface area contributed by atoms with Gasteiger partial charge in [0.2, 0.25) is 10.0 Å². The Kier molecular flexibility index (Phi) is 5.00. The summed E-state index contributed by atoms with van der Waals surface area (Å²) < 4.78 is 31.7. The van der Waals surface area contributed by atoms with Crippen LogP contribution in [-0.2, 0) is 14.8 Å². The van der Waals surface area contributed by atoms with Gasteiger partial charge in [0.25, 0.3) is 0 Å². The van der Waals surface area contributed by atoms with Crippen LogP contribution in [0.15, 0.2) is 0 Å². The first-order valence-electron chi connectivity index (χ1n) is 6.94. The van der Waals surface area contributed by atoms with E-state index in [0.29, 0.717) is 32.3 Å². The summed E-state index contributed by atoms with van der Waals surface area (Å²) in [6, 6.07) is 0.566. The lowest BCUT2D eigenvalue weighted by Gasteiger charge is -2.22. The summed E-state index contributed by atoms with van der Waals surface area (Å²) in [5.41, 5.74) is 0. The Balaban J connectivity index is 1.85. The number of nitrogens with zero attached hydrogens (tertiary/aromatic N) is 1. The van der Waals surface area contributed by atoms with Crippen LogP contribution in [0.1, 0.15) is 32.6 Å². The molecule has 0 spiro atoms. The molecule has 2 fully saturated rings. The number of nitrogens with one attached hydrogen (secondary N) is 1. The summed E-state index contributed by atoms with van der Waals surface area (Å²) in [5, 5.41) is 3.26. The predicted octanol–water partition coefficient (Wildman–Crippen LogP) is 0.569. The van der Waals surface area contributed by atoms with Crippen LogP contribution in [0.2, 0.25) is 0 Å². The van der Waals surface area contributed by atoms with Crippen molar-refractivity contribution in [1.29, 1.82) is 0 Å². The highest BCUT2D eigenvalue weighted by atomic mass is 32.2. The molecule has 5 nitrogen and oxygen atoms in total. The van der Waals surface area contributed by atoms with Gasteiger partial charge in [-0.05, 0) is 25.7 Å². The van der Waals surface area contributed by atoms with Gasteiger partial charge in [0.05, 0.1) is 11.9 Å². The van der Waals surface area contributed by atoms with Crippen LogP contribution in [0.25, 0.3) is 0 Å². The minimum atomic E-state index is -3.13. The first kappa shape index (κ1) is 14.2. The molecule has 0 aromatic rings. The molecule has 1 aliphatic carbocycles. The zero-order chi connectivity index (χ0) is 13.0. The quantitative estimate of drug-likeness (QED) is 0.770. The molecule has 6 heteroatoms. The van der Waals surface area contributed by atoms with Crippen LogP contribution in [0.4, 0.5) is 0 Å². The Labute approximate surface area is 110 Å². The van der Waals surface area contributed by atoms with E-state index in [9.17, 15) is 8.42 Å². The molecule has 1 unspecified atom stereocenters.